The molecule has 1 unspecified atom stereocenters. The first-order valence-corrected chi connectivity index (χ1v) is 12.0. The highest BCUT2D eigenvalue weighted by molar-refractivity contribution is 7.10. The molecule has 3 aromatic rings. The Bertz CT molecular complexity index is 1020. The van der Waals surface area contributed by atoms with Crippen LogP contribution in [0.15, 0.2) is 72.1 Å². The van der Waals surface area contributed by atoms with Crippen LogP contribution in [0.25, 0.3) is 0 Å². The molecule has 0 saturated heterocycles. The van der Waals surface area contributed by atoms with Crippen LogP contribution in [0.4, 0.5) is 0 Å². The van der Waals surface area contributed by atoms with Crippen molar-refractivity contribution in [2.75, 3.05) is 19.6 Å². The molecule has 0 spiro atoms. The van der Waals surface area contributed by atoms with Crippen LogP contribution in [0.5, 0.6) is 0 Å². The lowest BCUT2D eigenvalue weighted by molar-refractivity contribution is -0.139. The van der Waals surface area contributed by atoms with Crippen molar-refractivity contribution in [3.8, 4) is 0 Å². The largest absolute Gasteiger partial charge is 0.348 e. The number of hydrogen-bond acceptors (Lipinski definition) is 4. The Morgan fingerprint density at radius 3 is 2.44 bits per heavy atom. The van der Waals surface area contributed by atoms with E-state index in [1.165, 1.54) is 21.6 Å². The molecule has 0 bridgehead atoms. The van der Waals surface area contributed by atoms with Gasteiger partial charge in [0.15, 0.2) is 0 Å². The van der Waals surface area contributed by atoms with Crippen LogP contribution in [-0.2, 0) is 29.0 Å². The van der Waals surface area contributed by atoms with E-state index < -0.39 is 11.8 Å². The summed E-state index contributed by atoms with van der Waals surface area (Å²) in [5.74, 6) is -1.13. The van der Waals surface area contributed by atoms with Gasteiger partial charge >= 0.3 is 11.8 Å². The SMILES string of the molecule is O=C(NCCCc1ccccc1)C(=O)NCC(c1cccs1)N1CCc2ccccc2C1. The zero-order chi connectivity index (χ0) is 22.2. The number of nitrogens with zero attached hydrogens (tertiary/aromatic N) is 1. The molecule has 1 atom stereocenters. The van der Waals surface area contributed by atoms with E-state index in [4.69, 9.17) is 0 Å². The summed E-state index contributed by atoms with van der Waals surface area (Å²) in [6.07, 6.45) is 2.67. The Morgan fingerprint density at radius 2 is 1.66 bits per heavy atom. The molecule has 5 nitrogen and oxygen atoms in total. The van der Waals surface area contributed by atoms with Gasteiger partial charge < -0.3 is 10.6 Å². The van der Waals surface area contributed by atoms with Crippen molar-refractivity contribution >= 4 is 23.2 Å². The van der Waals surface area contributed by atoms with Crippen molar-refractivity contribution in [1.29, 1.82) is 0 Å². The average Bonchev–Trinajstić information content (AvgIpc) is 3.37. The third kappa shape index (κ3) is 5.84. The summed E-state index contributed by atoms with van der Waals surface area (Å²) in [5.41, 5.74) is 3.96. The number of carbonyl (C=O) groups excluding carboxylic acids is 2. The lowest BCUT2D eigenvalue weighted by atomic mass is 9.98. The zero-order valence-electron chi connectivity index (χ0n) is 18.1. The normalized spacial score (nSPS) is 14.4. The van der Waals surface area contributed by atoms with Crippen LogP contribution >= 0.6 is 11.3 Å². The maximum atomic E-state index is 12.4. The van der Waals surface area contributed by atoms with Crippen LogP contribution in [0.2, 0.25) is 0 Å². The predicted molar refractivity (Wildman–Crippen MR) is 128 cm³/mol. The van der Waals surface area contributed by atoms with E-state index in [2.05, 4.69) is 63.4 Å². The smallest absolute Gasteiger partial charge is 0.309 e. The highest BCUT2D eigenvalue weighted by Gasteiger charge is 2.26. The minimum absolute atomic E-state index is 0.0539. The maximum Gasteiger partial charge on any atom is 0.309 e. The van der Waals surface area contributed by atoms with Gasteiger partial charge in [0.2, 0.25) is 0 Å². The Labute approximate surface area is 193 Å². The summed E-state index contributed by atoms with van der Waals surface area (Å²) in [6, 6.07) is 22.9. The molecule has 2 aromatic carbocycles. The number of thiophene rings is 1. The molecule has 1 aliphatic rings. The Kier molecular flexibility index (Phi) is 7.69. The number of benzene rings is 2. The van der Waals surface area contributed by atoms with Crippen molar-refractivity contribution in [2.24, 2.45) is 0 Å². The summed E-state index contributed by atoms with van der Waals surface area (Å²) in [5, 5.41) is 7.66. The summed E-state index contributed by atoms with van der Waals surface area (Å²) >= 11 is 1.69. The Balaban J connectivity index is 1.28. The molecule has 6 heteroatoms. The van der Waals surface area contributed by atoms with Crippen molar-refractivity contribution in [3.05, 3.63) is 93.7 Å². The van der Waals surface area contributed by atoms with Crippen LogP contribution < -0.4 is 10.6 Å². The van der Waals surface area contributed by atoms with Gasteiger partial charge in [0.05, 0.1) is 6.04 Å². The third-order valence-electron chi connectivity index (χ3n) is 5.91. The molecule has 2 heterocycles. The van der Waals surface area contributed by atoms with Gasteiger partial charge in [-0.05, 0) is 47.4 Å². The highest BCUT2D eigenvalue weighted by Crippen LogP contribution is 2.29. The molecular weight excluding hydrogens is 418 g/mol. The predicted octanol–water partition coefficient (Wildman–Crippen LogP) is 3.71. The molecular formula is C26H29N3O2S. The van der Waals surface area contributed by atoms with Crippen LogP contribution in [-0.4, -0.2) is 36.3 Å². The second-order valence-corrected chi connectivity index (χ2v) is 9.05. The summed E-state index contributed by atoms with van der Waals surface area (Å²) < 4.78 is 0. The van der Waals surface area contributed by atoms with Gasteiger partial charge in [-0.1, -0.05) is 60.7 Å². The first-order valence-electron chi connectivity index (χ1n) is 11.1. The van der Waals surface area contributed by atoms with Crippen LogP contribution in [0.1, 0.15) is 34.0 Å². The van der Waals surface area contributed by atoms with Gasteiger partial charge in [0, 0.05) is 31.1 Å². The third-order valence-corrected chi connectivity index (χ3v) is 6.88. The van der Waals surface area contributed by atoms with E-state index in [0.717, 1.165) is 32.4 Å². The topological polar surface area (TPSA) is 61.4 Å². The standard InChI is InChI=1S/C26H29N3O2S/c30-25(27-15-6-10-20-8-2-1-3-9-20)26(31)28-18-23(24-13-7-17-32-24)29-16-14-21-11-4-5-12-22(21)19-29/h1-5,7-9,11-13,17,23H,6,10,14-16,18-19H2,(H,27,30)(H,28,31). The van der Waals surface area contributed by atoms with E-state index in [0.29, 0.717) is 13.1 Å². The molecule has 32 heavy (non-hydrogen) atoms. The molecule has 0 saturated carbocycles. The molecule has 0 radical (unpaired) electrons. The summed E-state index contributed by atoms with van der Waals surface area (Å²) in [7, 11) is 0. The van der Waals surface area contributed by atoms with Gasteiger partial charge in [-0.2, -0.15) is 0 Å². The molecule has 2 N–H and O–H groups in total. The Hall–Kier alpha value is -2.96. The van der Waals surface area contributed by atoms with Gasteiger partial charge in [-0.25, -0.2) is 0 Å². The average molecular weight is 448 g/mol. The molecule has 1 aliphatic heterocycles. The lowest BCUT2D eigenvalue weighted by Gasteiger charge is -2.35. The van der Waals surface area contributed by atoms with E-state index in [9.17, 15) is 9.59 Å². The fourth-order valence-electron chi connectivity index (χ4n) is 4.16. The molecule has 0 aliphatic carbocycles. The minimum atomic E-state index is -0.566. The first-order chi connectivity index (χ1) is 15.7. The van der Waals surface area contributed by atoms with E-state index >= 15 is 0 Å². The number of nitrogens with one attached hydrogen (secondary N) is 2. The van der Waals surface area contributed by atoms with Crippen molar-refractivity contribution in [1.82, 2.24) is 15.5 Å². The van der Waals surface area contributed by atoms with Crippen molar-refractivity contribution in [2.45, 2.75) is 31.8 Å². The van der Waals surface area contributed by atoms with Crippen LogP contribution in [0.3, 0.4) is 0 Å². The summed E-state index contributed by atoms with van der Waals surface area (Å²) in [4.78, 5) is 28.3. The van der Waals surface area contributed by atoms with Gasteiger partial charge in [-0.3, -0.25) is 14.5 Å². The van der Waals surface area contributed by atoms with Gasteiger partial charge in [-0.15, -0.1) is 11.3 Å². The number of carbonyl (C=O) groups is 2. The number of hydrogen-bond donors (Lipinski definition) is 2. The summed E-state index contributed by atoms with van der Waals surface area (Å²) in [6.45, 7) is 2.68. The molecule has 2 amide bonds. The van der Waals surface area contributed by atoms with E-state index in [1.54, 1.807) is 11.3 Å². The van der Waals surface area contributed by atoms with Crippen molar-refractivity contribution in [3.63, 3.8) is 0 Å². The monoisotopic (exact) mass is 447 g/mol. The first kappa shape index (κ1) is 22.2. The molecule has 1 aromatic heterocycles. The molecule has 166 valence electrons. The second-order valence-electron chi connectivity index (χ2n) is 8.08. The zero-order valence-corrected chi connectivity index (χ0v) is 18.9. The number of rotatable bonds is 8. The van der Waals surface area contributed by atoms with Gasteiger partial charge in [0.1, 0.15) is 0 Å². The van der Waals surface area contributed by atoms with E-state index in [1.807, 2.05) is 24.3 Å². The fourth-order valence-corrected chi connectivity index (χ4v) is 5.02. The molecule has 4 rings (SSSR count). The quantitative estimate of drug-likeness (QED) is 0.409. The number of aryl methyl sites for hydroxylation is 1. The Morgan fingerprint density at radius 1 is 0.906 bits per heavy atom. The fraction of sp³-hybridized carbons (Fsp3) is 0.308. The van der Waals surface area contributed by atoms with Crippen LogP contribution in [0, 0.1) is 0 Å². The van der Waals surface area contributed by atoms with E-state index in [-0.39, 0.29) is 6.04 Å². The number of amides is 2. The van der Waals surface area contributed by atoms with Gasteiger partial charge in [0.25, 0.3) is 0 Å². The maximum absolute atomic E-state index is 12.4. The number of fused-ring (bicyclic) bond motifs is 1. The second kappa shape index (κ2) is 11.1. The highest BCUT2D eigenvalue weighted by atomic mass is 32.1. The lowest BCUT2D eigenvalue weighted by Crippen LogP contribution is -2.45. The van der Waals surface area contributed by atoms with Crippen molar-refractivity contribution < 1.29 is 9.59 Å². The minimum Gasteiger partial charge on any atom is -0.348 e. The molecule has 0 fully saturated rings.